The van der Waals surface area contributed by atoms with Crippen LogP contribution in [0.3, 0.4) is 0 Å². The number of carbonyl (C=O) groups excluding carboxylic acids is 1. The molecule has 0 aliphatic carbocycles. The summed E-state index contributed by atoms with van der Waals surface area (Å²) in [7, 11) is -3.90. The number of sulfonamides is 1. The minimum absolute atomic E-state index is 0.00744. The third-order valence-corrected chi connectivity index (χ3v) is 6.10. The highest BCUT2D eigenvalue weighted by Crippen LogP contribution is 2.29. The molecular formula is C18H18Cl3NO4S. The highest BCUT2D eigenvalue weighted by Gasteiger charge is 2.23. The summed E-state index contributed by atoms with van der Waals surface area (Å²) in [5.41, 5.74) is 0.516. The van der Waals surface area contributed by atoms with E-state index in [1.165, 1.54) is 6.07 Å². The molecule has 5 nitrogen and oxygen atoms in total. The summed E-state index contributed by atoms with van der Waals surface area (Å²) >= 11 is 18.1. The molecule has 2 rings (SSSR count). The summed E-state index contributed by atoms with van der Waals surface area (Å²) in [6.07, 6.45) is 0. The maximum Gasteiger partial charge on any atom is 0.340 e. The number of ether oxygens (including phenoxy) is 1. The average molecular weight is 451 g/mol. The van der Waals surface area contributed by atoms with Crippen molar-refractivity contribution in [3.8, 4) is 0 Å². The topological polar surface area (TPSA) is 72.5 Å². The maximum atomic E-state index is 12.5. The molecule has 0 heterocycles. The van der Waals surface area contributed by atoms with Gasteiger partial charge in [-0.05, 0) is 24.1 Å². The summed E-state index contributed by atoms with van der Waals surface area (Å²) < 4.78 is 32.6. The van der Waals surface area contributed by atoms with E-state index in [2.05, 4.69) is 4.72 Å². The number of esters is 1. The quantitative estimate of drug-likeness (QED) is 0.607. The molecule has 2 aromatic rings. The number of hydrogen-bond acceptors (Lipinski definition) is 4. The van der Waals surface area contributed by atoms with E-state index in [9.17, 15) is 13.2 Å². The first-order valence-corrected chi connectivity index (χ1v) is 10.6. The molecule has 0 atom stereocenters. The molecule has 1 N–H and O–H groups in total. The second-order valence-electron chi connectivity index (χ2n) is 6.18. The van der Waals surface area contributed by atoms with Crippen LogP contribution in [-0.2, 0) is 21.4 Å². The van der Waals surface area contributed by atoms with Crippen LogP contribution in [0.2, 0.25) is 15.1 Å². The van der Waals surface area contributed by atoms with Gasteiger partial charge in [0.2, 0.25) is 10.0 Å². The van der Waals surface area contributed by atoms with Crippen LogP contribution in [-0.4, -0.2) is 20.9 Å². The van der Waals surface area contributed by atoms with Crippen molar-refractivity contribution in [1.29, 1.82) is 0 Å². The Morgan fingerprint density at radius 2 is 1.74 bits per heavy atom. The van der Waals surface area contributed by atoms with E-state index in [-0.39, 0.29) is 39.6 Å². The van der Waals surface area contributed by atoms with E-state index in [1.54, 1.807) is 24.3 Å². The van der Waals surface area contributed by atoms with Gasteiger partial charge in [0, 0.05) is 17.1 Å². The molecule has 0 saturated carbocycles. The molecule has 0 bridgehead atoms. The molecular weight excluding hydrogens is 433 g/mol. The normalized spacial score (nSPS) is 11.6. The number of hydrogen-bond donors (Lipinski definition) is 1. The van der Waals surface area contributed by atoms with Gasteiger partial charge in [-0.2, -0.15) is 0 Å². The summed E-state index contributed by atoms with van der Waals surface area (Å²) in [6.45, 7) is 3.88. The minimum Gasteiger partial charge on any atom is -0.457 e. The fourth-order valence-electron chi connectivity index (χ4n) is 2.08. The Hall–Kier alpha value is -1.31. The Morgan fingerprint density at radius 1 is 1.07 bits per heavy atom. The van der Waals surface area contributed by atoms with Crippen LogP contribution < -0.4 is 4.72 Å². The number of nitrogens with one attached hydrogen (secondary N) is 1. The number of carbonyl (C=O) groups is 1. The van der Waals surface area contributed by atoms with Crippen molar-refractivity contribution in [2.24, 2.45) is 5.92 Å². The van der Waals surface area contributed by atoms with Crippen molar-refractivity contribution in [3.63, 3.8) is 0 Å². The van der Waals surface area contributed by atoms with Crippen molar-refractivity contribution >= 4 is 50.8 Å². The lowest BCUT2D eigenvalue weighted by atomic mass is 10.2. The molecule has 0 saturated heterocycles. The second kappa shape index (κ2) is 9.26. The van der Waals surface area contributed by atoms with Crippen LogP contribution >= 0.6 is 34.8 Å². The van der Waals surface area contributed by atoms with E-state index in [1.807, 2.05) is 13.8 Å². The van der Waals surface area contributed by atoms with Gasteiger partial charge < -0.3 is 4.74 Å². The molecule has 146 valence electrons. The van der Waals surface area contributed by atoms with E-state index in [4.69, 9.17) is 39.5 Å². The van der Waals surface area contributed by atoms with Crippen molar-refractivity contribution in [1.82, 2.24) is 4.72 Å². The molecule has 2 aromatic carbocycles. The summed E-state index contributed by atoms with van der Waals surface area (Å²) in [5, 5.41) is 0.361. The Balaban J connectivity index is 2.26. The molecule has 0 aromatic heterocycles. The Kier molecular flexibility index (Phi) is 7.54. The molecule has 27 heavy (non-hydrogen) atoms. The van der Waals surface area contributed by atoms with Crippen LogP contribution in [0, 0.1) is 5.92 Å². The predicted molar refractivity (Wildman–Crippen MR) is 107 cm³/mol. The van der Waals surface area contributed by atoms with Crippen molar-refractivity contribution in [2.75, 3.05) is 6.54 Å². The monoisotopic (exact) mass is 449 g/mol. The van der Waals surface area contributed by atoms with Gasteiger partial charge in [0.25, 0.3) is 0 Å². The van der Waals surface area contributed by atoms with Crippen LogP contribution in [0.4, 0.5) is 0 Å². The third-order valence-electron chi connectivity index (χ3n) is 3.53. The van der Waals surface area contributed by atoms with E-state index in [0.29, 0.717) is 10.6 Å². The van der Waals surface area contributed by atoms with Gasteiger partial charge in [0.15, 0.2) is 0 Å². The van der Waals surface area contributed by atoms with Gasteiger partial charge in [0.05, 0.1) is 15.6 Å². The first kappa shape index (κ1) is 22.0. The van der Waals surface area contributed by atoms with Crippen LogP contribution in [0.15, 0.2) is 41.3 Å². The van der Waals surface area contributed by atoms with E-state index >= 15 is 0 Å². The van der Waals surface area contributed by atoms with Crippen LogP contribution in [0.25, 0.3) is 0 Å². The van der Waals surface area contributed by atoms with Crippen LogP contribution in [0.1, 0.15) is 29.8 Å². The van der Waals surface area contributed by atoms with Gasteiger partial charge in [-0.25, -0.2) is 17.9 Å². The SMILES string of the molecule is CC(C)CNS(=O)(=O)c1cc(C(=O)OCc2ccccc2Cl)c(Cl)cc1Cl. The lowest BCUT2D eigenvalue weighted by Gasteiger charge is -2.13. The predicted octanol–water partition coefficient (Wildman–Crippen LogP) is 4.94. The van der Waals surface area contributed by atoms with Crippen molar-refractivity contribution in [2.45, 2.75) is 25.3 Å². The first-order chi connectivity index (χ1) is 12.6. The standard InChI is InChI=1S/C18H18Cl3NO4S/c1-11(2)9-22-27(24,25)17-7-13(15(20)8-16(17)21)18(23)26-10-12-5-3-4-6-14(12)19/h3-8,11,22H,9-10H2,1-2H3. The summed E-state index contributed by atoms with van der Waals surface area (Å²) in [4.78, 5) is 12.2. The van der Waals surface area contributed by atoms with Gasteiger partial charge in [-0.15, -0.1) is 0 Å². The molecule has 0 amide bonds. The first-order valence-electron chi connectivity index (χ1n) is 8.01. The van der Waals surface area contributed by atoms with Gasteiger partial charge >= 0.3 is 5.97 Å². The molecule has 0 aliphatic rings. The lowest BCUT2D eigenvalue weighted by Crippen LogP contribution is -2.28. The molecule has 0 radical (unpaired) electrons. The average Bonchev–Trinajstić information content (AvgIpc) is 2.59. The molecule has 0 spiro atoms. The Bertz CT molecular complexity index is 946. The Morgan fingerprint density at radius 3 is 2.37 bits per heavy atom. The lowest BCUT2D eigenvalue weighted by molar-refractivity contribution is 0.0473. The minimum atomic E-state index is -3.90. The number of rotatable bonds is 7. The zero-order valence-corrected chi connectivity index (χ0v) is 17.7. The number of benzene rings is 2. The van der Waals surface area contributed by atoms with Gasteiger partial charge in [-0.3, -0.25) is 0 Å². The molecule has 9 heteroatoms. The van der Waals surface area contributed by atoms with Crippen molar-refractivity contribution in [3.05, 3.63) is 62.6 Å². The third kappa shape index (κ3) is 5.83. The maximum absolute atomic E-state index is 12.5. The van der Waals surface area contributed by atoms with E-state index in [0.717, 1.165) is 6.07 Å². The molecule has 0 fully saturated rings. The summed E-state index contributed by atoms with van der Waals surface area (Å²) in [5.74, 6) is -0.678. The fourth-order valence-corrected chi connectivity index (χ4v) is 4.33. The van der Waals surface area contributed by atoms with Gasteiger partial charge in [0.1, 0.15) is 11.5 Å². The fraction of sp³-hybridized carbons (Fsp3) is 0.278. The van der Waals surface area contributed by atoms with Gasteiger partial charge in [-0.1, -0.05) is 66.8 Å². The highest BCUT2D eigenvalue weighted by molar-refractivity contribution is 7.89. The molecule has 0 unspecified atom stereocenters. The zero-order valence-electron chi connectivity index (χ0n) is 14.6. The van der Waals surface area contributed by atoms with E-state index < -0.39 is 16.0 Å². The largest absolute Gasteiger partial charge is 0.457 e. The number of halogens is 3. The highest BCUT2D eigenvalue weighted by atomic mass is 35.5. The second-order valence-corrected chi connectivity index (χ2v) is 9.13. The zero-order chi connectivity index (χ0) is 20.2. The van der Waals surface area contributed by atoms with Crippen molar-refractivity contribution < 1.29 is 17.9 Å². The Labute approximate surface area is 173 Å². The van der Waals surface area contributed by atoms with Crippen LogP contribution in [0.5, 0.6) is 0 Å². The smallest absolute Gasteiger partial charge is 0.340 e. The molecule has 0 aliphatic heterocycles. The summed E-state index contributed by atoms with van der Waals surface area (Å²) in [6, 6.07) is 9.22.